The highest BCUT2D eigenvalue weighted by Gasteiger charge is 2.12. The number of nitrogens with zero attached hydrogens (tertiary/aromatic N) is 1. The molecule has 1 heterocycles. The van der Waals surface area contributed by atoms with E-state index in [1.807, 2.05) is 19.1 Å². The molecule has 1 atom stereocenters. The molecule has 1 unspecified atom stereocenters. The van der Waals surface area contributed by atoms with E-state index in [1.54, 1.807) is 6.20 Å². The third-order valence-electron chi connectivity index (χ3n) is 2.29. The van der Waals surface area contributed by atoms with Gasteiger partial charge in [0.1, 0.15) is 5.78 Å². The van der Waals surface area contributed by atoms with Gasteiger partial charge in [-0.15, -0.1) is 0 Å². The Morgan fingerprint density at radius 1 is 1.60 bits per heavy atom. The number of Topliss-reactive ketones (excluding diaryl/α,β-unsaturated/α-hetero) is 1. The number of carbonyl (C=O) groups excluding carboxylic acids is 1. The lowest BCUT2D eigenvalue weighted by molar-refractivity contribution is -0.121. The van der Waals surface area contributed by atoms with Crippen LogP contribution in [0.15, 0.2) is 22.8 Å². The Morgan fingerprint density at radius 2 is 2.33 bits per heavy atom. The lowest BCUT2D eigenvalue weighted by Gasteiger charge is -2.08. The summed E-state index contributed by atoms with van der Waals surface area (Å²) in [7, 11) is 0. The van der Waals surface area contributed by atoms with Gasteiger partial charge in [-0.2, -0.15) is 0 Å². The number of nitrogens with two attached hydrogens (primary N) is 1. The van der Waals surface area contributed by atoms with Gasteiger partial charge in [0.25, 0.3) is 0 Å². The number of pyridine rings is 1. The van der Waals surface area contributed by atoms with Gasteiger partial charge in [-0.1, -0.05) is 6.92 Å². The first-order valence-corrected chi connectivity index (χ1v) is 5.76. The zero-order valence-corrected chi connectivity index (χ0v) is 10.3. The smallest absolute Gasteiger partial charge is 0.141 e. The van der Waals surface area contributed by atoms with E-state index in [0.29, 0.717) is 13.0 Å². The molecule has 0 spiro atoms. The largest absolute Gasteiger partial charge is 0.330 e. The van der Waals surface area contributed by atoms with Crippen molar-refractivity contribution in [2.24, 2.45) is 11.7 Å². The molecule has 0 bridgehead atoms. The first-order valence-electron chi connectivity index (χ1n) is 4.96. The van der Waals surface area contributed by atoms with Crippen molar-refractivity contribution >= 4 is 21.7 Å². The van der Waals surface area contributed by atoms with Gasteiger partial charge in [0, 0.05) is 28.7 Å². The molecule has 0 saturated carbocycles. The number of hydrogen-bond acceptors (Lipinski definition) is 3. The highest BCUT2D eigenvalue weighted by Crippen LogP contribution is 2.10. The number of ketones is 1. The second kappa shape index (κ2) is 5.98. The Labute approximate surface area is 98.2 Å². The molecule has 2 N–H and O–H groups in total. The molecule has 0 amide bonds. The van der Waals surface area contributed by atoms with Crippen molar-refractivity contribution in [3.05, 3.63) is 28.5 Å². The Balaban J connectivity index is 2.54. The Hall–Kier alpha value is -0.740. The zero-order chi connectivity index (χ0) is 11.3. The third kappa shape index (κ3) is 4.10. The maximum absolute atomic E-state index is 11.7. The van der Waals surface area contributed by atoms with Crippen molar-refractivity contribution in [2.45, 2.75) is 19.8 Å². The van der Waals surface area contributed by atoms with Crippen LogP contribution < -0.4 is 5.73 Å². The molecule has 1 aromatic rings. The minimum Gasteiger partial charge on any atom is -0.330 e. The van der Waals surface area contributed by atoms with Crippen LogP contribution in [0.1, 0.15) is 19.0 Å². The van der Waals surface area contributed by atoms with Gasteiger partial charge in [0.15, 0.2) is 0 Å². The summed E-state index contributed by atoms with van der Waals surface area (Å²) < 4.78 is 0.925. The van der Waals surface area contributed by atoms with Crippen molar-refractivity contribution in [2.75, 3.05) is 6.54 Å². The Morgan fingerprint density at radius 3 is 2.87 bits per heavy atom. The van der Waals surface area contributed by atoms with Crippen LogP contribution in [-0.2, 0) is 11.2 Å². The minimum absolute atomic E-state index is 0.0282. The molecule has 3 nitrogen and oxygen atoms in total. The van der Waals surface area contributed by atoms with E-state index < -0.39 is 0 Å². The molecule has 0 saturated heterocycles. The summed E-state index contributed by atoms with van der Waals surface area (Å²) >= 11 is 3.30. The molecule has 4 heteroatoms. The SMILES string of the molecule is CC(CCN)C(=O)Cc1ccc(Br)cn1. The summed E-state index contributed by atoms with van der Waals surface area (Å²) in [6, 6.07) is 3.75. The van der Waals surface area contributed by atoms with Crippen molar-refractivity contribution in [3.8, 4) is 0 Å². The summed E-state index contributed by atoms with van der Waals surface area (Å²) in [4.78, 5) is 15.8. The van der Waals surface area contributed by atoms with Crippen LogP contribution >= 0.6 is 15.9 Å². The predicted molar refractivity (Wildman–Crippen MR) is 63.5 cm³/mol. The molecule has 15 heavy (non-hydrogen) atoms. The topological polar surface area (TPSA) is 56.0 Å². The number of hydrogen-bond donors (Lipinski definition) is 1. The summed E-state index contributed by atoms with van der Waals surface area (Å²) in [5.74, 6) is 0.232. The number of carbonyl (C=O) groups is 1. The van der Waals surface area contributed by atoms with Crippen molar-refractivity contribution in [1.29, 1.82) is 0 Å². The highest BCUT2D eigenvalue weighted by molar-refractivity contribution is 9.10. The standard InChI is InChI=1S/C11H15BrN2O/c1-8(4-5-13)11(15)6-10-3-2-9(12)7-14-10/h2-3,7-8H,4-6,13H2,1H3. The zero-order valence-electron chi connectivity index (χ0n) is 8.74. The van der Waals surface area contributed by atoms with Crippen LogP contribution in [0.4, 0.5) is 0 Å². The van der Waals surface area contributed by atoms with Gasteiger partial charge in [-0.25, -0.2) is 0 Å². The summed E-state index contributed by atoms with van der Waals surface area (Å²) in [6.45, 7) is 2.47. The molecule has 0 aliphatic heterocycles. The fourth-order valence-electron chi connectivity index (χ4n) is 1.27. The van der Waals surface area contributed by atoms with Crippen LogP contribution in [-0.4, -0.2) is 17.3 Å². The van der Waals surface area contributed by atoms with Crippen molar-refractivity contribution in [3.63, 3.8) is 0 Å². The van der Waals surface area contributed by atoms with Gasteiger partial charge in [-0.05, 0) is 41.0 Å². The summed E-state index contributed by atoms with van der Waals surface area (Å²) in [5, 5.41) is 0. The van der Waals surface area contributed by atoms with Gasteiger partial charge >= 0.3 is 0 Å². The maximum atomic E-state index is 11.7. The quantitative estimate of drug-likeness (QED) is 0.890. The van der Waals surface area contributed by atoms with E-state index in [-0.39, 0.29) is 11.7 Å². The van der Waals surface area contributed by atoms with E-state index in [0.717, 1.165) is 16.6 Å². The molecule has 0 aliphatic carbocycles. The van der Waals surface area contributed by atoms with E-state index in [1.165, 1.54) is 0 Å². The first-order chi connectivity index (χ1) is 7.13. The summed E-state index contributed by atoms with van der Waals surface area (Å²) in [5.41, 5.74) is 6.22. The average Bonchev–Trinajstić information content (AvgIpc) is 2.22. The van der Waals surface area contributed by atoms with E-state index in [4.69, 9.17) is 5.73 Å². The number of rotatable bonds is 5. The lowest BCUT2D eigenvalue weighted by Crippen LogP contribution is -2.17. The van der Waals surface area contributed by atoms with Gasteiger partial charge in [0.2, 0.25) is 0 Å². The summed E-state index contributed by atoms with van der Waals surface area (Å²) in [6.07, 6.45) is 2.85. The normalized spacial score (nSPS) is 12.5. The van der Waals surface area contributed by atoms with Crippen LogP contribution in [0.3, 0.4) is 0 Å². The lowest BCUT2D eigenvalue weighted by atomic mass is 9.99. The van der Waals surface area contributed by atoms with E-state index >= 15 is 0 Å². The van der Waals surface area contributed by atoms with E-state index in [2.05, 4.69) is 20.9 Å². The van der Waals surface area contributed by atoms with Crippen molar-refractivity contribution < 1.29 is 4.79 Å². The number of halogens is 1. The van der Waals surface area contributed by atoms with E-state index in [9.17, 15) is 4.79 Å². The Bertz CT molecular complexity index is 324. The van der Waals surface area contributed by atoms with Gasteiger partial charge in [0.05, 0.1) is 0 Å². The molecule has 0 fully saturated rings. The highest BCUT2D eigenvalue weighted by atomic mass is 79.9. The predicted octanol–water partition coefficient (Wildman–Crippen LogP) is 1.94. The molecular formula is C11H15BrN2O. The second-order valence-corrected chi connectivity index (χ2v) is 4.50. The minimum atomic E-state index is 0.0282. The molecule has 1 aromatic heterocycles. The van der Waals surface area contributed by atoms with Gasteiger partial charge < -0.3 is 5.73 Å². The molecular weight excluding hydrogens is 256 g/mol. The fraction of sp³-hybridized carbons (Fsp3) is 0.455. The molecule has 0 radical (unpaired) electrons. The molecule has 0 aliphatic rings. The molecule has 82 valence electrons. The number of aromatic nitrogens is 1. The van der Waals surface area contributed by atoms with Crippen LogP contribution in [0, 0.1) is 5.92 Å². The van der Waals surface area contributed by atoms with Crippen LogP contribution in [0.2, 0.25) is 0 Å². The van der Waals surface area contributed by atoms with Crippen LogP contribution in [0.5, 0.6) is 0 Å². The maximum Gasteiger partial charge on any atom is 0.141 e. The van der Waals surface area contributed by atoms with Crippen LogP contribution in [0.25, 0.3) is 0 Å². The molecule has 1 rings (SSSR count). The van der Waals surface area contributed by atoms with Crippen molar-refractivity contribution in [1.82, 2.24) is 4.98 Å². The first kappa shape index (κ1) is 12.3. The average molecular weight is 271 g/mol. The van der Waals surface area contributed by atoms with Gasteiger partial charge in [-0.3, -0.25) is 9.78 Å². The third-order valence-corrected chi connectivity index (χ3v) is 2.76. The fourth-order valence-corrected chi connectivity index (χ4v) is 1.51. The Kier molecular flexibility index (Phi) is 4.91. The molecule has 0 aromatic carbocycles. The monoisotopic (exact) mass is 270 g/mol. The second-order valence-electron chi connectivity index (χ2n) is 3.59.